The molecule has 15 heavy (non-hydrogen) atoms. The van der Waals surface area contributed by atoms with Gasteiger partial charge in [-0.25, -0.2) is 0 Å². The van der Waals surface area contributed by atoms with E-state index in [1.807, 2.05) is 6.92 Å². The summed E-state index contributed by atoms with van der Waals surface area (Å²) in [7, 11) is -1.41. The molecule has 0 heterocycles. The van der Waals surface area contributed by atoms with Crippen LogP contribution < -0.4 is 10.2 Å². The molecule has 0 aliphatic heterocycles. The Hall–Kier alpha value is -0.995. The van der Waals surface area contributed by atoms with Gasteiger partial charge in [0.15, 0.2) is 0 Å². The van der Waals surface area contributed by atoms with E-state index in [1.54, 1.807) is 24.3 Å². The van der Waals surface area contributed by atoms with Gasteiger partial charge in [0.1, 0.15) is 5.75 Å². The average molecular weight is 208 g/mol. The highest BCUT2D eigenvalue weighted by Crippen LogP contribution is 2.12. The first kappa shape index (κ1) is 12.1. The monoisotopic (exact) mass is 208 g/mol. The molecule has 0 saturated carbocycles. The van der Waals surface area contributed by atoms with Crippen molar-refractivity contribution < 1.29 is 14.8 Å². The molecular weight excluding hydrogens is 191 g/mol. The van der Waals surface area contributed by atoms with Gasteiger partial charge in [-0.05, 0) is 30.9 Å². The summed E-state index contributed by atoms with van der Waals surface area (Å²) in [6.07, 6.45) is 2.30. The van der Waals surface area contributed by atoms with E-state index in [2.05, 4.69) is 6.92 Å². The Labute approximate surface area is 90.9 Å². The maximum absolute atomic E-state index is 8.90. The van der Waals surface area contributed by atoms with Crippen molar-refractivity contribution in [2.45, 2.75) is 32.8 Å². The van der Waals surface area contributed by atoms with Gasteiger partial charge in [0.25, 0.3) is 0 Å². The SMILES string of the molecule is CCCC(C)Oc1ccc(B(O)O)cc1. The molecule has 0 radical (unpaired) electrons. The van der Waals surface area contributed by atoms with Gasteiger partial charge in [-0.15, -0.1) is 0 Å². The van der Waals surface area contributed by atoms with Crippen LogP contribution in [0.5, 0.6) is 5.75 Å². The Kier molecular flexibility index (Phi) is 4.65. The second-order valence-corrected chi connectivity index (χ2v) is 3.66. The van der Waals surface area contributed by atoms with Crippen LogP contribution in [0.3, 0.4) is 0 Å². The molecule has 0 fully saturated rings. The summed E-state index contributed by atoms with van der Waals surface area (Å²) in [5, 5.41) is 17.8. The van der Waals surface area contributed by atoms with Crippen molar-refractivity contribution in [1.82, 2.24) is 0 Å². The predicted octanol–water partition coefficient (Wildman–Crippen LogP) is 0.934. The highest BCUT2D eigenvalue weighted by Gasteiger charge is 2.10. The molecule has 1 atom stereocenters. The van der Waals surface area contributed by atoms with Crippen molar-refractivity contribution in [3.8, 4) is 5.75 Å². The lowest BCUT2D eigenvalue weighted by molar-refractivity contribution is 0.210. The first-order chi connectivity index (χ1) is 7.13. The van der Waals surface area contributed by atoms with Crippen molar-refractivity contribution >= 4 is 12.6 Å². The zero-order chi connectivity index (χ0) is 11.3. The normalized spacial score (nSPS) is 12.3. The van der Waals surface area contributed by atoms with E-state index >= 15 is 0 Å². The smallest absolute Gasteiger partial charge is 0.488 e. The minimum absolute atomic E-state index is 0.194. The van der Waals surface area contributed by atoms with Gasteiger partial charge in [-0.1, -0.05) is 25.5 Å². The summed E-state index contributed by atoms with van der Waals surface area (Å²) in [4.78, 5) is 0. The molecule has 0 spiro atoms. The standard InChI is InChI=1S/C11H17BO3/c1-3-4-9(2)15-11-7-5-10(6-8-11)12(13)14/h5-9,13-14H,3-4H2,1-2H3. The van der Waals surface area contributed by atoms with E-state index in [-0.39, 0.29) is 6.10 Å². The molecule has 0 aliphatic rings. The van der Waals surface area contributed by atoms with Crippen LogP contribution in [0.1, 0.15) is 26.7 Å². The van der Waals surface area contributed by atoms with Crippen LogP contribution in [0.4, 0.5) is 0 Å². The summed E-state index contributed by atoms with van der Waals surface area (Å²) >= 11 is 0. The van der Waals surface area contributed by atoms with Crippen molar-refractivity contribution in [1.29, 1.82) is 0 Å². The van der Waals surface area contributed by atoms with Crippen LogP contribution in [0.15, 0.2) is 24.3 Å². The third-order valence-corrected chi connectivity index (χ3v) is 2.21. The summed E-state index contributed by atoms with van der Waals surface area (Å²) in [5.74, 6) is 0.764. The minimum atomic E-state index is -1.41. The molecule has 1 unspecified atom stereocenters. The van der Waals surface area contributed by atoms with E-state index in [4.69, 9.17) is 14.8 Å². The van der Waals surface area contributed by atoms with Crippen LogP contribution in [-0.2, 0) is 0 Å². The number of hydrogen-bond donors (Lipinski definition) is 2. The lowest BCUT2D eigenvalue weighted by Gasteiger charge is -2.13. The lowest BCUT2D eigenvalue weighted by atomic mass is 9.80. The molecule has 0 amide bonds. The topological polar surface area (TPSA) is 49.7 Å². The van der Waals surface area contributed by atoms with E-state index < -0.39 is 7.12 Å². The van der Waals surface area contributed by atoms with Crippen LogP contribution in [-0.4, -0.2) is 23.3 Å². The molecule has 1 rings (SSSR count). The van der Waals surface area contributed by atoms with Gasteiger partial charge in [0.05, 0.1) is 6.10 Å². The van der Waals surface area contributed by atoms with Crippen molar-refractivity contribution in [3.05, 3.63) is 24.3 Å². The van der Waals surface area contributed by atoms with Gasteiger partial charge in [0.2, 0.25) is 0 Å². The Morgan fingerprint density at radius 1 is 1.27 bits per heavy atom. The second kappa shape index (κ2) is 5.78. The van der Waals surface area contributed by atoms with E-state index in [9.17, 15) is 0 Å². The first-order valence-electron chi connectivity index (χ1n) is 5.26. The van der Waals surface area contributed by atoms with Gasteiger partial charge in [-0.2, -0.15) is 0 Å². The predicted molar refractivity (Wildman–Crippen MR) is 61.3 cm³/mol. The Morgan fingerprint density at radius 3 is 2.33 bits per heavy atom. The molecule has 1 aromatic rings. The Bertz CT molecular complexity index is 284. The van der Waals surface area contributed by atoms with Crippen molar-refractivity contribution in [2.75, 3.05) is 0 Å². The molecule has 0 aromatic heterocycles. The molecular formula is C11H17BO3. The zero-order valence-electron chi connectivity index (χ0n) is 9.18. The van der Waals surface area contributed by atoms with Crippen LogP contribution in [0.25, 0.3) is 0 Å². The molecule has 1 aromatic carbocycles. The van der Waals surface area contributed by atoms with Gasteiger partial charge < -0.3 is 14.8 Å². The molecule has 2 N–H and O–H groups in total. The maximum atomic E-state index is 8.90. The summed E-state index contributed by atoms with van der Waals surface area (Å²) in [6, 6.07) is 6.80. The van der Waals surface area contributed by atoms with Crippen LogP contribution in [0.2, 0.25) is 0 Å². The average Bonchev–Trinajstić information content (AvgIpc) is 2.18. The molecule has 0 bridgehead atoms. The Balaban J connectivity index is 2.56. The molecule has 0 saturated heterocycles. The van der Waals surface area contributed by atoms with Gasteiger partial charge in [-0.3, -0.25) is 0 Å². The Morgan fingerprint density at radius 2 is 1.87 bits per heavy atom. The fourth-order valence-corrected chi connectivity index (χ4v) is 1.42. The van der Waals surface area contributed by atoms with Crippen LogP contribution >= 0.6 is 0 Å². The maximum Gasteiger partial charge on any atom is 0.488 e. The summed E-state index contributed by atoms with van der Waals surface area (Å²) < 4.78 is 5.63. The highest BCUT2D eigenvalue weighted by molar-refractivity contribution is 6.58. The third kappa shape index (κ3) is 3.94. The fraction of sp³-hybridized carbons (Fsp3) is 0.455. The number of rotatable bonds is 5. The minimum Gasteiger partial charge on any atom is -0.491 e. The zero-order valence-corrected chi connectivity index (χ0v) is 9.18. The second-order valence-electron chi connectivity index (χ2n) is 3.66. The quantitative estimate of drug-likeness (QED) is 0.707. The van der Waals surface area contributed by atoms with Crippen molar-refractivity contribution in [3.63, 3.8) is 0 Å². The summed E-state index contributed by atoms with van der Waals surface area (Å²) in [6.45, 7) is 4.14. The van der Waals surface area contributed by atoms with E-state index in [0.29, 0.717) is 5.46 Å². The lowest BCUT2D eigenvalue weighted by Crippen LogP contribution is -2.29. The van der Waals surface area contributed by atoms with Crippen molar-refractivity contribution in [2.24, 2.45) is 0 Å². The van der Waals surface area contributed by atoms with E-state index in [0.717, 1.165) is 18.6 Å². The van der Waals surface area contributed by atoms with Gasteiger partial charge in [0, 0.05) is 0 Å². The largest absolute Gasteiger partial charge is 0.491 e. The molecule has 0 aliphatic carbocycles. The number of ether oxygens (including phenoxy) is 1. The van der Waals surface area contributed by atoms with E-state index in [1.165, 1.54) is 0 Å². The number of benzene rings is 1. The highest BCUT2D eigenvalue weighted by atomic mass is 16.5. The molecule has 4 heteroatoms. The first-order valence-corrected chi connectivity index (χ1v) is 5.26. The molecule has 82 valence electrons. The number of hydrogen-bond acceptors (Lipinski definition) is 3. The molecule has 3 nitrogen and oxygen atoms in total. The van der Waals surface area contributed by atoms with Gasteiger partial charge >= 0.3 is 7.12 Å². The fourth-order valence-electron chi connectivity index (χ4n) is 1.42. The summed E-state index contributed by atoms with van der Waals surface area (Å²) in [5.41, 5.74) is 0.477. The van der Waals surface area contributed by atoms with Crippen LogP contribution in [0, 0.1) is 0 Å². The third-order valence-electron chi connectivity index (χ3n) is 2.21.